The lowest BCUT2D eigenvalue weighted by molar-refractivity contribution is 0.0517. The molecule has 0 saturated carbocycles. The molecule has 0 radical (unpaired) electrons. The highest BCUT2D eigenvalue weighted by molar-refractivity contribution is 5.48. The van der Waals surface area contributed by atoms with Gasteiger partial charge in [-0.15, -0.1) is 0 Å². The number of benzene rings is 1. The third-order valence-corrected chi connectivity index (χ3v) is 2.91. The molecule has 1 aromatic carbocycles. The Bertz CT molecular complexity index is 374. The average molecular weight is 282 g/mol. The van der Waals surface area contributed by atoms with Crippen molar-refractivity contribution in [2.45, 2.75) is 53.1 Å². The van der Waals surface area contributed by atoms with Crippen molar-refractivity contribution in [3.05, 3.63) is 23.3 Å². The molecule has 0 amide bonds. The number of rotatable bonds is 8. The number of methoxy groups -OCH3 is 2. The Morgan fingerprint density at radius 2 is 1.10 bits per heavy atom. The molecule has 0 aliphatic heterocycles. The van der Waals surface area contributed by atoms with Crippen LogP contribution in [0.25, 0.3) is 0 Å². The van der Waals surface area contributed by atoms with E-state index < -0.39 is 0 Å². The molecule has 4 heteroatoms. The highest BCUT2D eigenvalue weighted by atomic mass is 16.5. The Morgan fingerprint density at radius 3 is 1.35 bits per heavy atom. The van der Waals surface area contributed by atoms with Crippen molar-refractivity contribution in [2.24, 2.45) is 0 Å². The van der Waals surface area contributed by atoms with Crippen molar-refractivity contribution >= 4 is 0 Å². The Balaban J connectivity index is 3.10. The van der Waals surface area contributed by atoms with E-state index in [9.17, 15) is 0 Å². The molecular formula is C16H26O4. The van der Waals surface area contributed by atoms with Gasteiger partial charge in [-0.1, -0.05) is 0 Å². The lowest BCUT2D eigenvalue weighted by atomic mass is 10.1. The molecule has 1 aromatic rings. The van der Waals surface area contributed by atoms with Crippen LogP contribution in [0.1, 0.15) is 38.8 Å². The van der Waals surface area contributed by atoms with Crippen LogP contribution in [0.15, 0.2) is 12.1 Å². The monoisotopic (exact) mass is 282 g/mol. The normalized spacial score (nSPS) is 11.2. The molecule has 0 atom stereocenters. The van der Waals surface area contributed by atoms with E-state index in [0.29, 0.717) is 13.2 Å². The summed E-state index contributed by atoms with van der Waals surface area (Å²) in [5, 5.41) is 0. The minimum Gasteiger partial charge on any atom is -0.496 e. The topological polar surface area (TPSA) is 36.9 Å². The van der Waals surface area contributed by atoms with E-state index in [0.717, 1.165) is 22.6 Å². The van der Waals surface area contributed by atoms with Gasteiger partial charge in [0.1, 0.15) is 11.5 Å². The van der Waals surface area contributed by atoms with E-state index in [1.807, 2.05) is 39.8 Å². The highest BCUT2D eigenvalue weighted by Crippen LogP contribution is 2.32. The molecule has 4 nitrogen and oxygen atoms in total. The lowest BCUT2D eigenvalue weighted by Crippen LogP contribution is -2.10. The van der Waals surface area contributed by atoms with Gasteiger partial charge in [-0.25, -0.2) is 0 Å². The Kier molecular flexibility index (Phi) is 6.82. The molecule has 0 aliphatic rings. The molecule has 114 valence electrons. The molecule has 0 spiro atoms. The van der Waals surface area contributed by atoms with E-state index in [1.54, 1.807) is 14.2 Å². The quantitative estimate of drug-likeness (QED) is 0.730. The van der Waals surface area contributed by atoms with Gasteiger partial charge in [0.05, 0.1) is 39.6 Å². The van der Waals surface area contributed by atoms with Gasteiger partial charge in [0.15, 0.2) is 0 Å². The minimum atomic E-state index is 0.157. The van der Waals surface area contributed by atoms with Crippen LogP contribution in [0.3, 0.4) is 0 Å². The van der Waals surface area contributed by atoms with Crippen LogP contribution in [-0.4, -0.2) is 26.4 Å². The summed E-state index contributed by atoms with van der Waals surface area (Å²) in [5.74, 6) is 1.60. The first-order valence-corrected chi connectivity index (χ1v) is 6.95. The Labute approximate surface area is 122 Å². The summed E-state index contributed by atoms with van der Waals surface area (Å²) < 4.78 is 22.3. The van der Waals surface area contributed by atoms with Crippen LogP contribution in [0, 0.1) is 0 Å². The minimum absolute atomic E-state index is 0.157. The van der Waals surface area contributed by atoms with Crippen molar-refractivity contribution in [1.29, 1.82) is 0 Å². The average Bonchev–Trinajstić information content (AvgIpc) is 2.41. The molecule has 20 heavy (non-hydrogen) atoms. The van der Waals surface area contributed by atoms with Crippen molar-refractivity contribution in [1.82, 2.24) is 0 Å². The van der Waals surface area contributed by atoms with Crippen LogP contribution < -0.4 is 9.47 Å². The summed E-state index contributed by atoms with van der Waals surface area (Å²) in [4.78, 5) is 0. The SMILES string of the molecule is COc1ccc(OC)c(COC(C)C)c1COC(C)C. The number of hydrogen-bond donors (Lipinski definition) is 0. The molecule has 0 unspecified atom stereocenters. The molecular weight excluding hydrogens is 256 g/mol. The second-order valence-electron chi connectivity index (χ2n) is 5.15. The standard InChI is InChI=1S/C16H26O4/c1-11(2)19-9-13-14(10-20-12(3)4)16(18-6)8-7-15(13)17-5/h7-8,11-12H,9-10H2,1-6H3. The maximum Gasteiger partial charge on any atom is 0.125 e. The Morgan fingerprint density at radius 1 is 0.750 bits per heavy atom. The van der Waals surface area contributed by atoms with Gasteiger partial charge in [-0.2, -0.15) is 0 Å². The lowest BCUT2D eigenvalue weighted by Gasteiger charge is -2.19. The van der Waals surface area contributed by atoms with Crippen LogP contribution in [-0.2, 0) is 22.7 Å². The van der Waals surface area contributed by atoms with E-state index in [4.69, 9.17) is 18.9 Å². The Hall–Kier alpha value is -1.26. The second kappa shape index (κ2) is 8.12. The summed E-state index contributed by atoms with van der Waals surface area (Å²) in [5.41, 5.74) is 1.97. The van der Waals surface area contributed by atoms with Crippen LogP contribution in [0.4, 0.5) is 0 Å². The van der Waals surface area contributed by atoms with Gasteiger partial charge >= 0.3 is 0 Å². The van der Waals surface area contributed by atoms with E-state index in [1.165, 1.54) is 0 Å². The molecule has 0 bridgehead atoms. The van der Waals surface area contributed by atoms with Gasteiger partial charge < -0.3 is 18.9 Å². The highest BCUT2D eigenvalue weighted by Gasteiger charge is 2.16. The van der Waals surface area contributed by atoms with Crippen molar-refractivity contribution in [3.63, 3.8) is 0 Å². The molecule has 0 N–H and O–H groups in total. The van der Waals surface area contributed by atoms with Crippen LogP contribution in [0.5, 0.6) is 11.5 Å². The zero-order valence-corrected chi connectivity index (χ0v) is 13.4. The van der Waals surface area contributed by atoms with Crippen molar-refractivity contribution in [3.8, 4) is 11.5 Å². The summed E-state index contributed by atoms with van der Waals surface area (Å²) >= 11 is 0. The molecule has 0 saturated heterocycles. The largest absolute Gasteiger partial charge is 0.496 e. The summed E-state index contributed by atoms with van der Waals surface area (Å²) in [7, 11) is 3.32. The predicted molar refractivity (Wildman–Crippen MR) is 79.4 cm³/mol. The summed E-state index contributed by atoms with van der Waals surface area (Å²) in [6.45, 7) is 9.01. The zero-order chi connectivity index (χ0) is 15.1. The fourth-order valence-electron chi connectivity index (χ4n) is 1.85. The first-order chi connectivity index (χ1) is 9.49. The fraction of sp³-hybridized carbons (Fsp3) is 0.625. The van der Waals surface area contributed by atoms with Gasteiger partial charge in [0.25, 0.3) is 0 Å². The first-order valence-electron chi connectivity index (χ1n) is 6.95. The van der Waals surface area contributed by atoms with E-state index in [-0.39, 0.29) is 12.2 Å². The van der Waals surface area contributed by atoms with E-state index in [2.05, 4.69) is 0 Å². The van der Waals surface area contributed by atoms with Crippen molar-refractivity contribution < 1.29 is 18.9 Å². The maximum atomic E-state index is 5.73. The molecule has 0 aromatic heterocycles. The van der Waals surface area contributed by atoms with Gasteiger partial charge in [-0.05, 0) is 39.8 Å². The zero-order valence-electron chi connectivity index (χ0n) is 13.4. The number of hydrogen-bond acceptors (Lipinski definition) is 4. The predicted octanol–water partition coefficient (Wildman–Crippen LogP) is 3.55. The van der Waals surface area contributed by atoms with Gasteiger partial charge in [0, 0.05) is 11.1 Å². The number of ether oxygens (including phenoxy) is 4. The van der Waals surface area contributed by atoms with E-state index >= 15 is 0 Å². The first kappa shape index (κ1) is 16.8. The fourth-order valence-corrected chi connectivity index (χ4v) is 1.85. The molecule has 0 fully saturated rings. The maximum absolute atomic E-state index is 5.73. The summed E-state index contributed by atoms with van der Waals surface area (Å²) in [6.07, 6.45) is 0.314. The van der Waals surface area contributed by atoms with Crippen LogP contribution >= 0.6 is 0 Å². The van der Waals surface area contributed by atoms with Crippen molar-refractivity contribution in [2.75, 3.05) is 14.2 Å². The van der Waals surface area contributed by atoms with Gasteiger partial charge in [0.2, 0.25) is 0 Å². The molecule has 0 aliphatic carbocycles. The molecule has 0 heterocycles. The van der Waals surface area contributed by atoms with Crippen LogP contribution in [0.2, 0.25) is 0 Å². The third kappa shape index (κ3) is 4.69. The second-order valence-corrected chi connectivity index (χ2v) is 5.15. The smallest absolute Gasteiger partial charge is 0.125 e. The third-order valence-electron chi connectivity index (χ3n) is 2.91. The van der Waals surface area contributed by atoms with Gasteiger partial charge in [-0.3, -0.25) is 0 Å². The summed E-state index contributed by atoms with van der Waals surface area (Å²) in [6, 6.07) is 3.80. The molecule has 1 rings (SSSR count).